The highest BCUT2D eigenvalue weighted by atomic mass is 16.5. The maximum Gasteiger partial charge on any atom is 0.119 e. The van der Waals surface area contributed by atoms with Gasteiger partial charge in [0.05, 0.1) is 14.2 Å². The number of allylic oxidation sites excluding steroid dienone is 2. The molecule has 0 aliphatic rings. The molecule has 0 bridgehead atoms. The van der Waals surface area contributed by atoms with Gasteiger partial charge in [-0.15, -0.1) is 0 Å². The van der Waals surface area contributed by atoms with Gasteiger partial charge in [0.2, 0.25) is 0 Å². The van der Waals surface area contributed by atoms with Crippen LogP contribution in [-0.2, 0) is 0 Å². The van der Waals surface area contributed by atoms with E-state index in [9.17, 15) is 0 Å². The first-order valence-corrected chi connectivity index (χ1v) is 10.8. The van der Waals surface area contributed by atoms with E-state index in [2.05, 4.69) is 89.9 Å². The van der Waals surface area contributed by atoms with Crippen LogP contribution in [0.3, 0.4) is 0 Å². The van der Waals surface area contributed by atoms with Gasteiger partial charge in [0, 0.05) is 17.1 Å². The normalized spacial score (nSPS) is 11.1. The molecule has 0 heterocycles. The molecule has 3 nitrogen and oxygen atoms in total. The standard InChI is InChI=1S/C30H27NO2/c1-32-29-20-16-27(17-21-29)31(28-18-22-30(33-2)23-19-28)26-14-12-25(13-15-26)11-7-6-10-24-8-4-3-5-9-24/h3-23H,1-2H3/b10-6+,11-7+. The zero-order chi connectivity index (χ0) is 22.9. The van der Waals surface area contributed by atoms with Crippen LogP contribution in [0.2, 0.25) is 0 Å². The molecular formula is C30H27NO2. The van der Waals surface area contributed by atoms with Gasteiger partial charge in [-0.1, -0.05) is 66.8 Å². The van der Waals surface area contributed by atoms with Gasteiger partial charge in [0.15, 0.2) is 0 Å². The van der Waals surface area contributed by atoms with E-state index < -0.39 is 0 Å². The van der Waals surface area contributed by atoms with Gasteiger partial charge in [-0.3, -0.25) is 0 Å². The van der Waals surface area contributed by atoms with Crippen LogP contribution in [0.25, 0.3) is 12.2 Å². The quantitative estimate of drug-likeness (QED) is 0.264. The first-order chi connectivity index (χ1) is 16.3. The van der Waals surface area contributed by atoms with Crippen molar-refractivity contribution >= 4 is 29.2 Å². The molecule has 0 atom stereocenters. The highest BCUT2D eigenvalue weighted by molar-refractivity contribution is 5.77. The largest absolute Gasteiger partial charge is 0.497 e. The second kappa shape index (κ2) is 10.9. The minimum absolute atomic E-state index is 0.831. The third kappa shape index (κ3) is 5.72. The maximum atomic E-state index is 5.33. The van der Waals surface area contributed by atoms with Gasteiger partial charge in [0.1, 0.15) is 11.5 Å². The van der Waals surface area contributed by atoms with Gasteiger partial charge in [-0.05, 0) is 71.8 Å². The number of hydrogen-bond donors (Lipinski definition) is 0. The van der Waals surface area contributed by atoms with E-state index in [0.717, 1.165) is 34.1 Å². The fourth-order valence-corrected chi connectivity index (χ4v) is 3.54. The average molecular weight is 434 g/mol. The van der Waals surface area contributed by atoms with Gasteiger partial charge < -0.3 is 14.4 Å². The molecule has 164 valence electrons. The van der Waals surface area contributed by atoms with Gasteiger partial charge in [-0.25, -0.2) is 0 Å². The minimum Gasteiger partial charge on any atom is -0.497 e. The summed E-state index contributed by atoms with van der Waals surface area (Å²) in [5, 5.41) is 0. The molecule has 0 amide bonds. The van der Waals surface area contributed by atoms with Crippen LogP contribution in [0.5, 0.6) is 11.5 Å². The molecule has 0 aromatic heterocycles. The van der Waals surface area contributed by atoms with Crippen molar-refractivity contribution in [3.8, 4) is 11.5 Å². The van der Waals surface area contributed by atoms with Gasteiger partial charge in [0.25, 0.3) is 0 Å². The Labute approximate surface area is 195 Å². The summed E-state index contributed by atoms with van der Waals surface area (Å²) in [6.45, 7) is 0. The number of nitrogens with zero attached hydrogens (tertiary/aromatic N) is 1. The van der Waals surface area contributed by atoms with Gasteiger partial charge in [-0.2, -0.15) is 0 Å². The van der Waals surface area contributed by atoms with Gasteiger partial charge >= 0.3 is 0 Å². The van der Waals surface area contributed by atoms with Crippen LogP contribution in [0.1, 0.15) is 11.1 Å². The summed E-state index contributed by atoms with van der Waals surface area (Å²) >= 11 is 0. The molecular weight excluding hydrogens is 406 g/mol. The fourth-order valence-electron chi connectivity index (χ4n) is 3.54. The lowest BCUT2D eigenvalue weighted by Crippen LogP contribution is -2.09. The van der Waals surface area contributed by atoms with Crippen LogP contribution in [-0.4, -0.2) is 14.2 Å². The lowest BCUT2D eigenvalue weighted by Gasteiger charge is -2.26. The Morgan fingerprint density at radius 1 is 0.485 bits per heavy atom. The highest BCUT2D eigenvalue weighted by Gasteiger charge is 2.12. The molecule has 0 N–H and O–H groups in total. The maximum absolute atomic E-state index is 5.33. The lowest BCUT2D eigenvalue weighted by molar-refractivity contribution is 0.415. The number of benzene rings is 4. The first-order valence-electron chi connectivity index (χ1n) is 10.8. The Kier molecular flexibility index (Phi) is 7.24. The van der Waals surface area contributed by atoms with Crippen molar-refractivity contribution in [2.24, 2.45) is 0 Å². The van der Waals surface area contributed by atoms with Crippen molar-refractivity contribution in [2.45, 2.75) is 0 Å². The number of rotatable bonds is 8. The molecule has 0 radical (unpaired) electrons. The summed E-state index contributed by atoms with van der Waals surface area (Å²) in [6, 6.07) is 34.9. The van der Waals surface area contributed by atoms with Crippen LogP contribution in [0, 0.1) is 0 Å². The van der Waals surface area contributed by atoms with E-state index in [4.69, 9.17) is 9.47 Å². The number of ether oxygens (including phenoxy) is 2. The van der Waals surface area contributed by atoms with Crippen molar-refractivity contribution in [1.29, 1.82) is 0 Å². The third-order valence-corrected chi connectivity index (χ3v) is 5.30. The third-order valence-electron chi connectivity index (χ3n) is 5.30. The van der Waals surface area contributed by atoms with E-state index in [1.807, 2.05) is 42.5 Å². The first kappa shape index (κ1) is 22.0. The summed E-state index contributed by atoms with van der Waals surface area (Å²) in [5.41, 5.74) is 5.50. The van der Waals surface area contributed by atoms with E-state index in [-0.39, 0.29) is 0 Å². The molecule has 0 unspecified atom stereocenters. The smallest absolute Gasteiger partial charge is 0.119 e. The molecule has 0 aliphatic heterocycles. The fraction of sp³-hybridized carbons (Fsp3) is 0.0667. The van der Waals surface area contributed by atoms with Crippen LogP contribution < -0.4 is 14.4 Å². The predicted octanol–water partition coefficient (Wildman–Crippen LogP) is 7.90. The van der Waals surface area contributed by atoms with E-state index in [1.165, 1.54) is 5.56 Å². The van der Waals surface area contributed by atoms with Crippen molar-refractivity contribution in [3.63, 3.8) is 0 Å². The molecule has 4 aromatic carbocycles. The van der Waals surface area contributed by atoms with Crippen LogP contribution in [0.4, 0.5) is 17.1 Å². The van der Waals surface area contributed by atoms with E-state index in [1.54, 1.807) is 14.2 Å². The Morgan fingerprint density at radius 2 is 0.879 bits per heavy atom. The Bertz CT molecular complexity index is 1150. The summed E-state index contributed by atoms with van der Waals surface area (Å²) < 4.78 is 10.7. The Hall–Kier alpha value is -4.24. The molecule has 0 fully saturated rings. The molecule has 0 aliphatic carbocycles. The predicted molar refractivity (Wildman–Crippen MR) is 139 cm³/mol. The van der Waals surface area contributed by atoms with Crippen molar-refractivity contribution in [1.82, 2.24) is 0 Å². The second-order valence-corrected chi connectivity index (χ2v) is 7.45. The van der Waals surface area contributed by atoms with E-state index >= 15 is 0 Å². The zero-order valence-electron chi connectivity index (χ0n) is 18.9. The zero-order valence-corrected chi connectivity index (χ0v) is 18.9. The second-order valence-electron chi connectivity index (χ2n) is 7.45. The van der Waals surface area contributed by atoms with Crippen LogP contribution in [0.15, 0.2) is 115 Å². The van der Waals surface area contributed by atoms with Crippen molar-refractivity contribution in [3.05, 3.63) is 126 Å². The molecule has 33 heavy (non-hydrogen) atoms. The lowest BCUT2D eigenvalue weighted by atomic mass is 10.1. The Morgan fingerprint density at radius 3 is 1.30 bits per heavy atom. The summed E-state index contributed by atoms with van der Waals surface area (Å²) in [6.07, 6.45) is 8.32. The number of methoxy groups -OCH3 is 2. The molecule has 0 saturated carbocycles. The Balaban J connectivity index is 1.58. The summed E-state index contributed by atoms with van der Waals surface area (Å²) in [4.78, 5) is 2.21. The minimum atomic E-state index is 0.831. The molecule has 0 saturated heterocycles. The van der Waals surface area contributed by atoms with Crippen molar-refractivity contribution < 1.29 is 9.47 Å². The average Bonchev–Trinajstić information content (AvgIpc) is 2.89. The molecule has 3 heteroatoms. The summed E-state index contributed by atoms with van der Waals surface area (Å²) in [5.74, 6) is 1.66. The topological polar surface area (TPSA) is 21.7 Å². The highest BCUT2D eigenvalue weighted by Crippen LogP contribution is 2.36. The molecule has 4 aromatic rings. The number of anilines is 3. The summed E-state index contributed by atoms with van der Waals surface area (Å²) in [7, 11) is 3.36. The molecule has 0 spiro atoms. The van der Waals surface area contributed by atoms with Crippen molar-refractivity contribution in [2.75, 3.05) is 19.1 Å². The SMILES string of the molecule is COc1ccc(N(c2ccc(/C=C/C=C/c3ccccc3)cc2)c2ccc(OC)cc2)cc1. The molecule has 4 rings (SSSR count). The number of hydrogen-bond acceptors (Lipinski definition) is 3. The van der Waals surface area contributed by atoms with E-state index in [0.29, 0.717) is 0 Å². The van der Waals surface area contributed by atoms with Crippen LogP contribution >= 0.6 is 0 Å². The monoisotopic (exact) mass is 433 g/mol.